The molecule has 1 amide bonds. The third kappa shape index (κ3) is 4.90. The molecule has 5 nitrogen and oxygen atoms in total. The van der Waals surface area contributed by atoms with Crippen LogP contribution in [0.3, 0.4) is 0 Å². The number of carbonyl (C=O) groups excluding carboxylic acids is 1. The number of hydrogen-bond donors (Lipinski definition) is 1. The van der Waals surface area contributed by atoms with E-state index in [1.54, 1.807) is 6.21 Å². The number of rotatable bonds is 6. The number of ether oxygens (including phenoxy) is 1. The van der Waals surface area contributed by atoms with E-state index in [1.165, 1.54) is 11.8 Å². The Balaban J connectivity index is 1.95. The molecule has 0 spiro atoms. The number of hydrogen-bond acceptors (Lipinski definition) is 5. The number of amides is 1. The lowest BCUT2D eigenvalue weighted by Crippen LogP contribution is -2.19. The fourth-order valence-electron chi connectivity index (χ4n) is 1.77. The summed E-state index contributed by atoms with van der Waals surface area (Å²) in [5.74, 6) is 1.29. The Bertz CT molecular complexity index is 570. The summed E-state index contributed by atoms with van der Waals surface area (Å²) in [5, 5.41) is 11.1. The van der Waals surface area contributed by atoms with Crippen molar-refractivity contribution in [2.45, 2.75) is 26.7 Å². The molecule has 1 fully saturated rings. The van der Waals surface area contributed by atoms with Crippen molar-refractivity contribution in [3.05, 3.63) is 29.3 Å². The standard InChI is InChI=1S/C15H19N3O2S/c1-3-4-7-20-13-6-5-12(8-11(13)2)9-16-18-15-17-14(19)10-21-15/h5-6,8-9H,3-4,7,10H2,1-2H3,(H,17,18,19). The molecule has 21 heavy (non-hydrogen) atoms. The summed E-state index contributed by atoms with van der Waals surface area (Å²) in [6, 6.07) is 5.90. The minimum absolute atomic E-state index is 0.0293. The van der Waals surface area contributed by atoms with Crippen LogP contribution < -0.4 is 10.1 Å². The first-order chi connectivity index (χ1) is 10.2. The number of nitrogens with zero attached hydrogens (tertiary/aromatic N) is 2. The number of thioether (sulfide) groups is 1. The summed E-state index contributed by atoms with van der Waals surface area (Å²) in [7, 11) is 0. The quantitative estimate of drug-likeness (QED) is 0.499. The lowest BCUT2D eigenvalue weighted by Gasteiger charge is -2.08. The highest BCUT2D eigenvalue weighted by molar-refractivity contribution is 8.15. The van der Waals surface area contributed by atoms with E-state index in [4.69, 9.17) is 4.74 Å². The Morgan fingerprint density at radius 2 is 2.33 bits per heavy atom. The zero-order valence-electron chi connectivity index (χ0n) is 12.3. The van der Waals surface area contributed by atoms with Crippen LogP contribution in [0.1, 0.15) is 30.9 Å². The van der Waals surface area contributed by atoms with E-state index in [1.807, 2.05) is 25.1 Å². The van der Waals surface area contributed by atoms with Crippen LogP contribution in [-0.2, 0) is 4.79 Å². The number of nitrogens with one attached hydrogen (secondary N) is 1. The van der Waals surface area contributed by atoms with Crippen molar-refractivity contribution in [2.75, 3.05) is 12.4 Å². The Labute approximate surface area is 128 Å². The molecule has 6 heteroatoms. The zero-order valence-corrected chi connectivity index (χ0v) is 13.1. The number of amidine groups is 1. The molecule has 1 N–H and O–H groups in total. The minimum Gasteiger partial charge on any atom is -0.493 e. The summed E-state index contributed by atoms with van der Waals surface area (Å²) >= 11 is 1.36. The first-order valence-corrected chi connectivity index (χ1v) is 7.94. The van der Waals surface area contributed by atoms with E-state index in [9.17, 15) is 4.79 Å². The summed E-state index contributed by atoms with van der Waals surface area (Å²) in [4.78, 5) is 11.0. The second-order valence-electron chi connectivity index (χ2n) is 4.71. The third-order valence-corrected chi connectivity index (χ3v) is 3.76. The summed E-state index contributed by atoms with van der Waals surface area (Å²) in [6.45, 7) is 4.90. The van der Waals surface area contributed by atoms with Gasteiger partial charge in [-0.05, 0) is 42.7 Å². The second-order valence-corrected chi connectivity index (χ2v) is 5.68. The van der Waals surface area contributed by atoms with Crippen LogP contribution in [0.5, 0.6) is 5.75 Å². The van der Waals surface area contributed by atoms with Crippen LogP contribution in [0.2, 0.25) is 0 Å². The second kappa shape index (κ2) is 7.83. The molecule has 1 saturated heterocycles. The van der Waals surface area contributed by atoms with Crippen molar-refractivity contribution in [1.82, 2.24) is 5.32 Å². The summed E-state index contributed by atoms with van der Waals surface area (Å²) in [5.41, 5.74) is 2.03. The van der Waals surface area contributed by atoms with E-state index in [0.717, 1.165) is 36.3 Å². The lowest BCUT2D eigenvalue weighted by molar-refractivity contribution is -0.116. The molecule has 0 aliphatic carbocycles. The molecule has 0 bridgehead atoms. The Morgan fingerprint density at radius 3 is 3.00 bits per heavy atom. The molecule has 0 radical (unpaired) electrons. The fraction of sp³-hybridized carbons (Fsp3) is 0.400. The molecule has 1 aliphatic heterocycles. The van der Waals surface area contributed by atoms with Crippen LogP contribution in [0.4, 0.5) is 0 Å². The molecular weight excluding hydrogens is 286 g/mol. The van der Waals surface area contributed by atoms with Gasteiger partial charge < -0.3 is 10.1 Å². The number of benzene rings is 1. The SMILES string of the molecule is CCCCOc1ccc(C=NN=C2NC(=O)CS2)cc1C. The highest BCUT2D eigenvalue weighted by atomic mass is 32.2. The highest BCUT2D eigenvalue weighted by Crippen LogP contribution is 2.19. The first kappa shape index (κ1) is 15.6. The molecule has 0 aromatic heterocycles. The number of unbranched alkanes of at least 4 members (excludes halogenated alkanes) is 1. The monoisotopic (exact) mass is 305 g/mol. The predicted molar refractivity (Wildman–Crippen MR) is 87.2 cm³/mol. The topological polar surface area (TPSA) is 63.1 Å². The molecule has 112 valence electrons. The molecule has 0 unspecified atom stereocenters. The molecule has 2 rings (SSSR count). The van der Waals surface area contributed by atoms with Gasteiger partial charge in [0, 0.05) is 0 Å². The van der Waals surface area contributed by atoms with Crippen LogP contribution in [0.25, 0.3) is 0 Å². The summed E-state index contributed by atoms with van der Waals surface area (Å²) in [6.07, 6.45) is 3.85. The van der Waals surface area contributed by atoms with Crippen molar-refractivity contribution >= 4 is 29.1 Å². The largest absolute Gasteiger partial charge is 0.493 e. The average Bonchev–Trinajstić information content (AvgIpc) is 2.87. The van der Waals surface area contributed by atoms with Gasteiger partial charge in [-0.3, -0.25) is 4.79 Å². The van der Waals surface area contributed by atoms with E-state index in [0.29, 0.717) is 10.9 Å². The van der Waals surface area contributed by atoms with Crippen LogP contribution in [0.15, 0.2) is 28.4 Å². The Hall–Kier alpha value is -1.82. The van der Waals surface area contributed by atoms with Gasteiger partial charge in [-0.15, -0.1) is 5.10 Å². The van der Waals surface area contributed by atoms with Crippen LogP contribution in [0, 0.1) is 6.92 Å². The normalized spacial score (nSPS) is 16.7. The van der Waals surface area contributed by atoms with Gasteiger partial charge in [0.05, 0.1) is 18.6 Å². The molecule has 0 saturated carbocycles. The van der Waals surface area contributed by atoms with Crippen molar-refractivity contribution in [3.63, 3.8) is 0 Å². The van der Waals surface area contributed by atoms with Crippen molar-refractivity contribution < 1.29 is 9.53 Å². The van der Waals surface area contributed by atoms with Gasteiger partial charge in [-0.1, -0.05) is 25.1 Å². The van der Waals surface area contributed by atoms with Crippen molar-refractivity contribution in [1.29, 1.82) is 0 Å². The first-order valence-electron chi connectivity index (χ1n) is 6.96. The third-order valence-electron chi connectivity index (χ3n) is 2.90. The van der Waals surface area contributed by atoms with Gasteiger partial charge in [0.25, 0.3) is 0 Å². The van der Waals surface area contributed by atoms with Gasteiger partial charge in [0.2, 0.25) is 5.91 Å². The van der Waals surface area contributed by atoms with Crippen molar-refractivity contribution in [2.24, 2.45) is 10.2 Å². The Morgan fingerprint density at radius 1 is 1.48 bits per heavy atom. The number of carbonyl (C=O) groups is 1. The molecular formula is C15H19N3O2S. The van der Waals surface area contributed by atoms with E-state index < -0.39 is 0 Å². The lowest BCUT2D eigenvalue weighted by atomic mass is 10.1. The Kier molecular flexibility index (Phi) is 5.80. The van der Waals surface area contributed by atoms with Gasteiger partial charge >= 0.3 is 0 Å². The number of aryl methyl sites for hydroxylation is 1. The zero-order chi connectivity index (χ0) is 15.1. The van der Waals surface area contributed by atoms with Gasteiger partial charge in [-0.2, -0.15) is 5.10 Å². The molecule has 1 aromatic rings. The van der Waals surface area contributed by atoms with Crippen LogP contribution >= 0.6 is 11.8 Å². The molecule has 1 heterocycles. The van der Waals surface area contributed by atoms with E-state index >= 15 is 0 Å². The smallest absolute Gasteiger partial charge is 0.236 e. The van der Waals surface area contributed by atoms with Crippen LogP contribution in [-0.4, -0.2) is 29.6 Å². The molecule has 1 aliphatic rings. The van der Waals surface area contributed by atoms with Crippen molar-refractivity contribution in [3.8, 4) is 5.75 Å². The maximum atomic E-state index is 11.0. The van der Waals surface area contributed by atoms with E-state index in [2.05, 4.69) is 22.4 Å². The van der Waals surface area contributed by atoms with Gasteiger partial charge in [0.1, 0.15) is 5.75 Å². The maximum absolute atomic E-state index is 11.0. The predicted octanol–water partition coefficient (Wildman–Crippen LogP) is 2.73. The maximum Gasteiger partial charge on any atom is 0.236 e. The molecule has 1 aromatic carbocycles. The molecule has 0 atom stereocenters. The average molecular weight is 305 g/mol. The van der Waals surface area contributed by atoms with E-state index in [-0.39, 0.29) is 5.91 Å². The highest BCUT2D eigenvalue weighted by Gasteiger charge is 2.15. The van der Waals surface area contributed by atoms with Gasteiger partial charge in [-0.25, -0.2) is 0 Å². The van der Waals surface area contributed by atoms with Gasteiger partial charge in [0.15, 0.2) is 5.17 Å². The summed E-state index contributed by atoms with van der Waals surface area (Å²) < 4.78 is 5.71. The minimum atomic E-state index is -0.0293. The fourth-order valence-corrected chi connectivity index (χ4v) is 2.40.